The minimum atomic E-state index is -0.385. The molecule has 0 radical (unpaired) electrons. The van der Waals surface area contributed by atoms with E-state index in [-0.39, 0.29) is 11.7 Å². The second kappa shape index (κ2) is 11.9. The van der Waals surface area contributed by atoms with Crippen molar-refractivity contribution in [3.8, 4) is 0 Å². The van der Waals surface area contributed by atoms with Crippen LogP contribution in [0, 0.1) is 11.8 Å². The van der Waals surface area contributed by atoms with Crippen LogP contribution in [0.1, 0.15) is 33.6 Å². The number of carbonyl (C=O) groups is 1. The van der Waals surface area contributed by atoms with E-state index in [1.54, 1.807) is 4.90 Å². The molecule has 32 heavy (non-hydrogen) atoms. The molecule has 2 aliphatic heterocycles. The number of carbonyl (C=O) groups excluding carboxylic acids is 1. The first-order valence-corrected chi connectivity index (χ1v) is 13.6. The Labute approximate surface area is 209 Å². The van der Waals surface area contributed by atoms with E-state index < -0.39 is 0 Å². The quantitative estimate of drug-likeness (QED) is 0.367. The summed E-state index contributed by atoms with van der Waals surface area (Å²) in [6, 6.07) is 6.22. The number of aromatic nitrogens is 1. The summed E-state index contributed by atoms with van der Waals surface area (Å²) < 4.78 is 5.29. The van der Waals surface area contributed by atoms with Crippen LogP contribution in [0.4, 0.5) is 4.79 Å². The largest absolute Gasteiger partial charge is 0.444 e. The van der Waals surface area contributed by atoms with Gasteiger partial charge in [0.2, 0.25) is 0 Å². The number of benzene rings is 1. The van der Waals surface area contributed by atoms with Crippen molar-refractivity contribution in [1.82, 2.24) is 15.2 Å². The van der Waals surface area contributed by atoms with Crippen LogP contribution in [0.2, 0.25) is 5.02 Å². The lowest BCUT2D eigenvalue weighted by Crippen LogP contribution is -2.35. The third-order valence-corrected chi connectivity index (χ3v) is 8.11. The summed E-state index contributed by atoms with van der Waals surface area (Å²) >= 11 is 11.6. The van der Waals surface area contributed by atoms with E-state index in [1.807, 2.05) is 57.1 Å². The highest BCUT2D eigenvalue weighted by Gasteiger charge is 2.28. The van der Waals surface area contributed by atoms with Crippen molar-refractivity contribution in [3.05, 3.63) is 35.6 Å². The standard InChI is InChI=1S/C14H15ClN2S.C10H18BrNO2/c15-13-5-12-8-17-4-2-11(12)6-14(13)18-9-10-1-3-16-7-10;1-10(2,3)14-9(13)12-5-4-8(6-11)7-12/h2,4-6,8,10,16H,1,3,7,9H2;8H,4-7H2,1-3H3. The number of ether oxygens (including phenoxy) is 1. The zero-order valence-electron chi connectivity index (χ0n) is 19.1. The van der Waals surface area contributed by atoms with Gasteiger partial charge in [-0.25, -0.2) is 4.79 Å². The van der Waals surface area contributed by atoms with E-state index in [2.05, 4.69) is 32.3 Å². The molecule has 176 valence electrons. The number of hydrogen-bond donors (Lipinski definition) is 1. The Morgan fingerprint density at radius 2 is 2.12 bits per heavy atom. The fraction of sp³-hybridized carbons (Fsp3) is 0.583. The number of alkyl halides is 1. The number of thioether (sulfide) groups is 1. The monoisotopic (exact) mass is 541 g/mol. The molecule has 4 rings (SSSR count). The fourth-order valence-electron chi connectivity index (χ4n) is 3.71. The molecule has 2 saturated heterocycles. The molecule has 3 heterocycles. The van der Waals surface area contributed by atoms with Crippen LogP contribution in [-0.4, -0.2) is 58.8 Å². The van der Waals surface area contributed by atoms with Crippen LogP contribution < -0.4 is 5.32 Å². The van der Waals surface area contributed by atoms with Gasteiger partial charge in [-0.2, -0.15) is 0 Å². The van der Waals surface area contributed by atoms with Gasteiger partial charge in [0.25, 0.3) is 0 Å². The summed E-state index contributed by atoms with van der Waals surface area (Å²) in [5, 5.41) is 7.52. The Morgan fingerprint density at radius 3 is 2.78 bits per heavy atom. The molecular weight excluding hydrogens is 510 g/mol. The Bertz CT molecular complexity index is 902. The minimum absolute atomic E-state index is 0.180. The molecule has 1 aromatic carbocycles. The average molecular weight is 543 g/mol. The van der Waals surface area contributed by atoms with Crippen molar-refractivity contribution in [2.75, 3.05) is 37.3 Å². The van der Waals surface area contributed by atoms with E-state index in [0.717, 1.165) is 60.0 Å². The summed E-state index contributed by atoms with van der Waals surface area (Å²) in [5.74, 6) is 2.50. The molecule has 0 saturated carbocycles. The predicted octanol–water partition coefficient (Wildman–Crippen LogP) is 6.23. The Kier molecular flexibility index (Phi) is 9.53. The summed E-state index contributed by atoms with van der Waals surface area (Å²) in [7, 11) is 0. The Morgan fingerprint density at radius 1 is 1.31 bits per heavy atom. The van der Waals surface area contributed by atoms with Crippen molar-refractivity contribution in [3.63, 3.8) is 0 Å². The van der Waals surface area contributed by atoms with Crippen LogP contribution in [0.3, 0.4) is 0 Å². The van der Waals surface area contributed by atoms with Crippen molar-refractivity contribution in [2.45, 2.75) is 44.1 Å². The van der Waals surface area contributed by atoms with E-state index in [4.69, 9.17) is 16.3 Å². The molecule has 0 aliphatic carbocycles. The molecule has 2 fully saturated rings. The van der Waals surface area contributed by atoms with Gasteiger partial charge < -0.3 is 15.0 Å². The molecule has 5 nitrogen and oxygen atoms in total. The second-order valence-electron chi connectivity index (χ2n) is 9.41. The van der Waals surface area contributed by atoms with Gasteiger partial charge in [-0.05, 0) is 82.1 Å². The molecule has 2 aromatic rings. The minimum Gasteiger partial charge on any atom is -0.444 e. The number of hydrogen-bond acceptors (Lipinski definition) is 5. The first-order valence-electron chi connectivity index (χ1n) is 11.2. The molecule has 1 aromatic heterocycles. The van der Waals surface area contributed by atoms with E-state index in [9.17, 15) is 4.79 Å². The number of amides is 1. The number of halogens is 2. The SMILES string of the molecule is CC(C)(C)OC(=O)N1CCC(CBr)C1.Clc1cc2cnccc2cc1SCC1CCNC1. The number of likely N-dealkylation sites (tertiary alicyclic amines) is 1. The van der Waals surface area contributed by atoms with E-state index in [0.29, 0.717) is 5.92 Å². The summed E-state index contributed by atoms with van der Waals surface area (Å²) in [6.07, 6.45) is 5.86. The van der Waals surface area contributed by atoms with E-state index >= 15 is 0 Å². The smallest absolute Gasteiger partial charge is 0.410 e. The van der Waals surface area contributed by atoms with Crippen molar-refractivity contribution in [2.24, 2.45) is 11.8 Å². The van der Waals surface area contributed by atoms with Crippen LogP contribution >= 0.6 is 39.3 Å². The van der Waals surface area contributed by atoms with Gasteiger partial charge in [0, 0.05) is 46.8 Å². The second-order valence-corrected chi connectivity index (χ2v) is 11.5. The molecule has 1 N–H and O–H groups in total. The highest BCUT2D eigenvalue weighted by Crippen LogP contribution is 2.33. The van der Waals surface area contributed by atoms with Gasteiger partial charge in [-0.15, -0.1) is 11.8 Å². The average Bonchev–Trinajstić information content (AvgIpc) is 3.43. The van der Waals surface area contributed by atoms with Crippen LogP contribution in [0.15, 0.2) is 35.5 Å². The fourth-order valence-corrected chi connectivity index (χ4v) is 5.68. The van der Waals surface area contributed by atoms with E-state index in [1.165, 1.54) is 16.7 Å². The normalized spacial score (nSPS) is 20.8. The van der Waals surface area contributed by atoms with Crippen LogP contribution in [0.25, 0.3) is 10.8 Å². The van der Waals surface area contributed by atoms with Crippen molar-refractivity contribution < 1.29 is 9.53 Å². The van der Waals surface area contributed by atoms with Gasteiger partial charge in [-0.1, -0.05) is 27.5 Å². The van der Waals surface area contributed by atoms with Crippen molar-refractivity contribution >= 4 is 56.2 Å². The number of pyridine rings is 1. The van der Waals surface area contributed by atoms with Gasteiger partial charge in [0.15, 0.2) is 0 Å². The number of rotatable bonds is 4. The van der Waals surface area contributed by atoms with Crippen LogP contribution in [-0.2, 0) is 4.74 Å². The molecule has 2 atom stereocenters. The molecule has 1 amide bonds. The number of nitrogens with one attached hydrogen (secondary N) is 1. The van der Waals surface area contributed by atoms with Gasteiger partial charge in [0.05, 0.1) is 5.02 Å². The lowest BCUT2D eigenvalue weighted by Gasteiger charge is -2.24. The molecule has 0 spiro atoms. The molecule has 2 unspecified atom stereocenters. The number of nitrogens with zero attached hydrogens (tertiary/aromatic N) is 2. The molecule has 8 heteroatoms. The van der Waals surface area contributed by atoms with Gasteiger partial charge >= 0.3 is 6.09 Å². The maximum absolute atomic E-state index is 11.6. The highest BCUT2D eigenvalue weighted by atomic mass is 79.9. The summed E-state index contributed by atoms with van der Waals surface area (Å²) in [4.78, 5) is 18.7. The predicted molar refractivity (Wildman–Crippen MR) is 138 cm³/mol. The Balaban J connectivity index is 0.000000188. The number of fused-ring (bicyclic) bond motifs is 1. The molecule has 0 bridgehead atoms. The van der Waals surface area contributed by atoms with Crippen molar-refractivity contribution in [1.29, 1.82) is 0 Å². The van der Waals surface area contributed by atoms with Gasteiger partial charge in [0.1, 0.15) is 5.60 Å². The maximum Gasteiger partial charge on any atom is 0.410 e. The van der Waals surface area contributed by atoms with Gasteiger partial charge in [-0.3, -0.25) is 4.98 Å². The lowest BCUT2D eigenvalue weighted by atomic mass is 10.2. The first kappa shape index (κ1) is 25.6. The zero-order chi connectivity index (χ0) is 23.1. The molecular formula is C24H33BrClN3O2S. The molecule has 2 aliphatic rings. The topological polar surface area (TPSA) is 54.5 Å². The first-order chi connectivity index (χ1) is 15.2. The third-order valence-electron chi connectivity index (χ3n) is 5.48. The highest BCUT2D eigenvalue weighted by molar-refractivity contribution is 9.09. The zero-order valence-corrected chi connectivity index (χ0v) is 22.2. The Hall–Kier alpha value is -1.02. The summed E-state index contributed by atoms with van der Waals surface area (Å²) in [6.45, 7) is 9.62. The summed E-state index contributed by atoms with van der Waals surface area (Å²) in [5.41, 5.74) is -0.385. The maximum atomic E-state index is 11.6. The van der Waals surface area contributed by atoms with Crippen LogP contribution in [0.5, 0.6) is 0 Å². The third kappa shape index (κ3) is 7.79. The lowest BCUT2D eigenvalue weighted by molar-refractivity contribution is 0.0289.